The van der Waals surface area contributed by atoms with Crippen LogP contribution < -0.4 is 10.1 Å². The summed E-state index contributed by atoms with van der Waals surface area (Å²) in [7, 11) is 0. The fraction of sp³-hybridized carbons (Fsp3) is 0.478. The first-order valence-corrected chi connectivity index (χ1v) is 11.0. The molecule has 6 heteroatoms. The quantitative estimate of drug-likeness (QED) is 0.799. The minimum atomic E-state index is -0.117. The number of nitrogens with zero attached hydrogens (tertiary/aromatic N) is 1. The molecule has 0 aliphatic carbocycles. The van der Waals surface area contributed by atoms with Crippen LogP contribution in [0.5, 0.6) is 5.75 Å². The van der Waals surface area contributed by atoms with E-state index in [-0.39, 0.29) is 29.9 Å². The van der Waals surface area contributed by atoms with Crippen molar-refractivity contribution < 1.29 is 14.3 Å². The molecule has 1 saturated heterocycles. The number of thiophene rings is 1. The summed E-state index contributed by atoms with van der Waals surface area (Å²) in [5.41, 5.74) is 2.22. The molecule has 2 amide bonds. The number of amides is 2. The molecule has 1 N–H and O–H groups in total. The average molecular weight is 415 g/mol. The number of benzene rings is 1. The van der Waals surface area contributed by atoms with Crippen molar-refractivity contribution in [3.05, 3.63) is 51.7 Å². The first-order valence-electron chi connectivity index (χ1n) is 10.1. The highest BCUT2D eigenvalue weighted by Crippen LogP contribution is 2.32. The number of carbonyl (C=O) groups excluding carboxylic acids is 2. The van der Waals surface area contributed by atoms with Gasteiger partial charge in [-0.3, -0.25) is 9.59 Å². The first kappa shape index (κ1) is 21.4. The van der Waals surface area contributed by atoms with E-state index in [1.807, 2.05) is 34.5 Å². The molecule has 0 saturated carbocycles. The van der Waals surface area contributed by atoms with Crippen molar-refractivity contribution in [1.29, 1.82) is 0 Å². The number of piperidine rings is 1. The third kappa shape index (κ3) is 5.60. The number of hydrogen-bond donors (Lipinski definition) is 1. The van der Waals surface area contributed by atoms with Gasteiger partial charge in [-0.2, -0.15) is 0 Å². The number of hydrogen-bond acceptors (Lipinski definition) is 4. The standard InChI is InChI=1S/C23H30N2O3S/c1-16-7-8-19(18(14-16)23(2,3)4)28-15-21(26)24-17-9-11-25(12-10-17)22(27)20-6-5-13-29-20/h5-8,13-14,17H,9-12,15H2,1-4H3,(H,24,26). The van der Waals surface area contributed by atoms with Gasteiger partial charge in [0.1, 0.15) is 5.75 Å². The Morgan fingerprint density at radius 1 is 1.21 bits per heavy atom. The van der Waals surface area contributed by atoms with Gasteiger partial charge in [0, 0.05) is 19.1 Å². The minimum absolute atomic E-state index is 0.000477. The molecule has 29 heavy (non-hydrogen) atoms. The average Bonchev–Trinajstić information content (AvgIpc) is 3.21. The lowest BCUT2D eigenvalue weighted by atomic mass is 9.85. The maximum absolute atomic E-state index is 12.4. The van der Waals surface area contributed by atoms with Crippen LogP contribution >= 0.6 is 11.3 Å². The number of carbonyl (C=O) groups is 2. The topological polar surface area (TPSA) is 58.6 Å². The molecule has 0 bridgehead atoms. The molecule has 3 rings (SSSR count). The van der Waals surface area contributed by atoms with Crippen LogP contribution in [0.2, 0.25) is 0 Å². The smallest absolute Gasteiger partial charge is 0.263 e. The molecule has 1 aromatic carbocycles. The van der Waals surface area contributed by atoms with Crippen molar-refractivity contribution in [2.75, 3.05) is 19.7 Å². The molecule has 0 atom stereocenters. The van der Waals surface area contributed by atoms with E-state index in [9.17, 15) is 9.59 Å². The summed E-state index contributed by atoms with van der Waals surface area (Å²) in [6.45, 7) is 9.80. The lowest BCUT2D eigenvalue weighted by Gasteiger charge is -2.32. The highest BCUT2D eigenvalue weighted by atomic mass is 32.1. The summed E-state index contributed by atoms with van der Waals surface area (Å²) in [5, 5.41) is 4.97. The zero-order valence-electron chi connectivity index (χ0n) is 17.7. The molecule has 5 nitrogen and oxygen atoms in total. The van der Waals surface area contributed by atoms with Crippen molar-refractivity contribution in [2.45, 2.75) is 52.0 Å². The lowest BCUT2D eigenvalue weighted by Crippen LogP contribution is -2.47. The van der Waals surface area contributed by atoms with Crippen molar-refractivity contribution in [1.82, 2.24) is 10.2 Å². The van der Waals surface area contributed by atoms with Crippen LogP contribution in [0.3, 0.4) is 0 Å². The van der Waals surface area contributed by atoms with Gasteiger partial charge >= 0.3 is 0 Å². The fourth-order valence-electron chi connectivity index (χ4n) is 3.55. The van der Waals surface area contributed by atoms with Gasteiger partial charge in [0.25, 0.3) is 11.8 Å². The second kappa shape index (κ2) is 8.99. The van der Waals surface area contributed by atoms with Crippen LogP contribution in [-0.4, -0.2) is 42.5 Å². The third-order valence-corrected chi connectivity index (χ3v) is 6.04. The second-order valence-corrected chi connectivity index (χ2v) is 9.60. The Morgan fingerprint density at radius 3 is 2.55 bits per heavy atom. The van der Waals surface area contributed by atoms with Gasteiger partial charge < -0.3 is 15.0 Å². The molecule has 1 fully saturated rings. The summed E-state index contributed by atoms with van der Waals surface area (Å²) in [6, 6.07) is 9.89. The number of ether oxygens (including phenoxy) is 1. The Bertz CT molecular complexity index is 848. The lowest BCUT2D eigenvalue weighted by molar-refractivity contribution is -0.124. The Morgan fingerprint density at radius 2 is 1.93 bits per heavy atom. The van der Waals surface area contributed by atoms with Gasteiger partial charge in [-0.05, 0) is 48.3 Å². The molecule has 1 aromatic heterocycles. The van der Waals surface area contributed by atoms with Crippen molar-refractivity contribution in [2.24, 2.45) is 0 Å². The van der Waals surface area contributed by atoms with E-state index in [1.165, 1.54) is 16.9 Å². The van der Waals surface area contributed by atoms with Crippen molar-refractivity contribution >= 4 is 23.2 Å². The number of rotatable bonds is 5. The Kier molecular flexibility index (Phi) is 6.63. The molecule has 2 aromatic rings. The maximum atomic E-state index is 12.4. The predicted molar refractivity (Wildman–Crippen MR) is 117 cm³/mol. The predicted octanol–water partition coefficient (Wildman–Crippen LogP) is 4.15. The summed E-state index contributed by atoms with van der Waals surface area (Å²) >= 11 is 1.47. The van der Waals surface area contributed by atoms with E-state index >= 15 is 0 Å². The summed E-state index contributed by atoms with van der Waals surface area (Å²) in [5.74, 6) is 0.727. The van der Waals surface area contributed by atoms with Crippen LogP contribution in [-0.2, 0) is 10.2 Å². The van der Waals surface area contributed by atoms with Crippen LogP contribution in [0.4, 0.5) is 0 Å². The Balaban J connectivity index is 1.48. The molecule has 0 radical (unpaired) electrons. The molecular weight excluding hydrogens is 384 g/mol. The fourth-order valence-corrected chi connectivity index (χ4v) is 4.24. The second-order valence-electron chi connectivity index (χ2n) is 8.65. The SMILES string of the molecule is Cc1ccc(OCC(=O)NC2CCN(C(=O)c3cccs3)CC2)c(C(C)(C)C)c1. The molecule has 2 heterocycles. The molecule has 0 unspecified atom stereocenters. The largest absolute Gasteiger partial charge is 0.483 e. The number of nitrogens with one attached hydrogen (secondary N) is 1. The number of likely N-dealkylation sites (tertiary alicyclic amines) is 1. The third-order valence-electron chi connectivity index (χ3n) is 5.18. The summed E-state index contributed by atoms with van der Waals surface area (Å²) in [6.07, 6.45) is 1.53. The molecule has 1 aliphatic heterocycles. The van der Waals surface area contributed by atoms with E-state index in [1.54, 1.807) is 0 Å². The van der Waals surface area contributed by atoms with Gasteiger partial charge in [-0.15, -0.1) is 11.3 Å². The number of aryl methyl sites for hydroxylation is 1. The normalized spacial score (nSPS) is 15.2. The molecule has 0 spiro atoms. The van der Waals surface area contributed by atoms with Gasteiger partial charge in [-0.1, -0.05) is 44.5 Å². The van der Waals surface area contributed by atoms with Crippen LogP contribution in [0.1, 0.15) is 54.4 Å². The van der Waals surface area contributed by atoms with E-state index in [0.29, 0.717) is 13.1 Å². The highest BCUT2D eigenvalue weighted by Gasteiger charge is 2.25. The van der Waals surface area contributed by atoms with Crippen LogP contribution in [0.25, 0.3) is 0 Å². The van der Waals surface area contributed by atoms with Gasteiger partial charge in [0.15, 0.2) is 6.61 Å². The van der Waals surface area contributed by atoms with Crippen LogP contribution in [0, 0.1) is 6.92 Å². The van der Waals surface area contributed by atoms with E-state index < -0.39 is 0 Å². The van der Waals surface area contributed by atoms with Gasteiger partial charge in [0.2, 0.25) is 0 Å². The van der Waals surface area contributed by atoms with Crippen molar-refractivity contribution in [3.63, 3.8) is 0 Å². The molecule has 1 aliphatic rings. The summed E-state index contributed by atoms with van der Waals surface area (Å²) < 4.78 is 5.86. The maximum Gasteiger partial charge on any atom is 0.263 e. The molecular formula is C23H30N2O3S. The van der Waals surface area contributed by atoms with E-state index in [0.717, 1.165) is 29.0 Å². The minimum Gasteiger partial charge on any atom is -0.483 e. The van der Waals surface area contributed by atoms with Crippen LogP contribution in [0.15, 0.2) is 35.7 Å². The zero-order valence-corrected chi connectivity index (χ0v) is 18.5. The van der Waals surface area contributed by atoms with E-state index in [2.05, 4.69) is 39.1 Å². The Hall–Kier alpha value is -2.34. The van der Waals surface area contributed by atoms with Gasteiger partial charge in [-0.25, -0.2) is 0 Å². The van der Waals surface area contributed by atoms with Gasteiger partial charge in [0.05, 0.1) is 4.88 Å². The highest BCUT2D eigenvalue weighted by molar-refractivity contribution is 7.12. The first-order chi connectivity index (χ1) is 13.7. The van der Waals surface area contributed by atoms with Crippen molar-refractivity contribution in [3.8, 4) is 5.75 Å². The summed E-state index contributed by atoms with van der Waals surface area (Å²) in [4.78, 5) is 27.5. The molecule has 156 valence electrons. The zero-order chi connectivity index (χ0) is 21.0. The Labute approximate surface area is 177 Å². The van der Waals surface area contributed by atoms with E-state index in [4.69, 9.17) is 4.74 Å². The monoisotopic (exact) mass is 414 g/mol.